The molecule has 0 unspecified atom stereocenters. The minimum Gasteiger partial charge on any atom is -0.350 e. The van der Waals surface area contributed by atoms with E-state index in [1.54, 1.807) is 30.5 Å². The minimum atomic E-state index is -0.325. The Kier molecular flexibility index (Phi) is 7.57. The summed E-state index contributed by atoms with van der Waals surface area (Å²) in [4.78, 5) is 32.3. The topological polar surface area (TPSA) is 62.3 Å². The average molecular weight is 424 g/mol. The number of carbonyl (C=O) groups is 2. The fourth-order valence-corrected chi connectivity index (χ4v) is 3.66. The van der Waals surface area contributed by atoms with Gasteiger partial charge in [0.05, 0.1) is 12.1 Å². The first kappa shape index (κ1) is 21.5. The average Bonchev–Trinajstić information content (AvgIpc) is 2.78. The van der Waals surface area contributed by atoms with Gasteiger partial charge in [-0.3, -0.25) is 9.59 Å². The van der Waals surface area contributed by atoms with Crippen molar-refractivity contribution in [3.05, 3.63) is 89.9 Å². The first-order valence-corrected chi connectivity index (χ1v) is 10.4. The molecule has 0 fully saturated rings. The quantitative estimate of drug-likeness (QED) is 0.591. The summed E-state index contributed by atoms with van der Waals surface area (Å²) >= 11 is 1.41. The van der Waals surface area contributed by atoms with Crippen LogP contribution < -0.4 is 5.32 Å². The predicted octanol–water partition coefficient (Wildman–Crippen LogP) is 4.15. The fraction of sp³-hybridized carbons (Fsp3) is 0.174. The maximum atomic E-state index is 13.1. The van der Waals surface area contributed by atoms with Crippen molar-refractivity contribution in [2.45, 2.75) is 23.4 Å². The zero-order valence-corrected chi connectivity index (χ0v) is 17.4. The summed E-state index contributed by atoms with van der Waals surface area (Å²) in [5.74, 6) is -0.856. The number of halogens is 1. The zero-order chi connectivity index (χ0) is 21.3. The van der Waals surface area contributed by atoms with Crippen molar-refractivity contribution >= 4 is 23.6 Å². The van der Waals surface area contributed by atoms with Gasteiger partial charge in [0.15, 0.2) is 0 Å². The highest BCUT2D eigenvalue weighted by molar-refractivity contribution is 7.99. The van der Waals surface area contributed by atoms with E-state index in [0.717, 1.165) is 10.5 Å². The van der Waals surface area contributed by atoms with E-state index in [0.29, 0.717) is 17.1 Å². The van der Waals surface area contributed by atoms with Gasteiger partial charge in [-0.1, -0.05) is 42.1 Å². The number of nitrogens with zero attached hydrogens (tertiary/aromatic N) is 2. The van der Waals surface area contributed by atoms with Crippen molar-refractivity contribution < 1.29 is 14.0 Å². The molecule has 3 rings (SSSR count). The highest BCUT2D eigenvalue weighted by Crippen LogP contribution is 2.28. The van der Waals surface area contributed by atoms with Crippen LogP contribution in [0.1, 0.15) is 22.8 Å². The van der Waals surface area contributed by atoms with Crippen molar-refractivity contribution in [2.24, 2.45) is 0 Å². The SMILES string of the molecule is CCN(CC(=O)NCc1ccc(F)cc1)C(=O)c1cccnc1Sc1ccccc1. The van der Waals surface area contributed by atoms with Crippen molar-refractivity contribution in [2.75, 3.05) is 13.1 Å². The molecule has 1 aromatic heterocycles. The monoisotopic (exact) mass is 423 g/mol. The van der Waals surface area contributed by atoms with Gasteiger partial charge >= 0.3 is 0 Å². The minimum absolute atomic E-state index is 0.0686. The van der Waals surface area contributed by atoms with Gasteiger partial charge < -0.3 is 10.2 Å². The maximum Gasteiger partial charge on any atom is 0.257 e. The lowest BCUT2D eigenvalue weighted by Gasteiger charge is -2.21. The summed E-state index contributed by atoms with van der Waals surface area (Å²) in [6, 6.07) is 19.0. The molecule has 3 aromatic rings. The molecule has 0 aliphatic carbocycles. The fourth-order valence-electron chi connectivity index (χ4n) is 2.76. The van der Waals surface area contributed by atoms with Gasteiger partial charge in [0.1, 0.15) is 10.8 Å². The van der Waals surface area contributed by atoms with Gasteiger partial charge in [0, 0.05) is 24.2 Å². The van der Waals surface area contributed by atoms with Crippen LogP contribution in [0.4, 0.5) is 4.39 Å². The van der Waals surface area contributed by atoms with E-state index in [2.05, 4.69) is 10.3 Å². The normalized spacial score (nSPS) is 10.5. The van der Waals surface area contributed by atoms with Crippen LogP contribution in [0.15, 0.2) is 82.8 Å². The van der Waals surface area contributed by atoms with Gasteiger partial charge in [-0.05, 0) is 48.9 Å². The maximum absolute atomic E-state index is 13.1. The van der Waals surface area contributed by atoms with Crippen molar-refractivity contribution in [3.63, 3.8) is 0 Å². The Labute approximate surface area is 179 Å². The molecule has 7 heteroatoms. The summed E-state index contributed by atoms with van der Waals surface area (Å²) in [6.07, 6.45) is 1.65. The summed E-state index contributed by atoms with van der Waals surface area (Å²) in [6.45, 7) is 2.41. The van der Waals surface area contributed by atoms with Crippen LogP contribution >= 0.6 is 11.8 Å². The van der Waals surface area contributed by atoms with Gasteiger partial charge in [-0.15, -0.1) is 0 Å². The molecule has 0 atom stereocenters. The van der Waals surface area contributed by atoms with E-state index < -0.39 is 0 Å². The van der Waals surface area contributed by atoms with E-state index in [4.69, 9.17) is 0 Å². The van der Waals surface area contributed by atoms with Crippen LogP contribution in [0.5, 0.6) is 0 Å². The van der Waals surface area contributed by atoms with Crippen LogP contribution in [-0.4, -0.2) is 34.8 Å². The molecule has 0 saturated heterocycles. The van der Waals surface area contributed by atoms with Gasteiger partial charge in [-0.2, -0.15) is 0 Å². The summed E-state index contributed by atoms with van der Waals surface area (Å²) in [7, 11) is 0. The Morgan fingerprint density at radius 3 is 2.47 bits per heavy atom. The standard InChI is InChI=1S/C23H22FN3O2S/c1-2-27(16-21(28)26-15-17-10-12-18(24)13-11-17)23(29)20-9-6-14-25-22(20)30-19-7-4-3-5-8-19/h3-14H,2,15-16H2,1H3,(H,26,28). The number of likely N-dealkylation sites (N-methyl/N-ethyl adjacent to an activating group) is 1. The molecule has 0 bridgehead atoms. The summed E-state index contributed by atoms with van der Waals surface area (Å²) in [5.41, 5.74) is 1.24. The molecular formula is C23H22FN3O2S. The molecule has 154 valence electrons. The van der Waals surface area contributed by atoms with Crippen molar-refractivity contribution in [1.29, 1.82) is 0 Å². The number of rotatable bonds is 8. The van der Waals surface area contributed by atoms with Crippen LogP contribution in [0.25, 0.3) is 0 Å². The van der Waals surface area contributed by atoms with Crippen LogP contribution in [0, 0.1) is 5.82 Å². The van der Waals surface area contributed by atoms with E-state index in [9.17, 15) is 14.0 Å². The number of nitrogens with one attached hydrogen (secondary N) is 1. The Hall–Kier alpha value is -3.19. The molecule has 2 aromatic carbocycles. The molecule has 5 nitrogen and oxygen atoms in total. The van der Waals surface area contributed by atoms with Crippen molar-refractivity contribution in [1.82, 2.24) is 15.2 Å². The lowest BCUT2D eigenvalue weighted by atomic mass is 10.2. The number of hydrogen-bond donors (Lipinski definition) is 1. The molecule has 1 heterocycles. The number of amides is 2. The third kappa shape index (κ3) is 5.90. The van der Waals surface area contributed by atoms with E-state index in [1.165, 1.54) is 28.8 Å². The number of pyridine rings is 1. The molecule has 0 aliphatic rings. The highest BCUT2D eigenvalue weighted by Gasteiger charge is 2.21. The smallest absolute Gasteiger partial charge is 0.257 e. The first-order chi connectivity index (χ1) is 14.6. The first-order valence-electron chi connectivity index (χ1n) is 9.55. The Balaban J connectivity index is 1.65. The number of benzene rings is 2. The molecule has 0 saturated carbocycles. The lowest BCUT2D eigenvalue weighted by molar-refractivity contribution is -0.121. The summed E-state index contributed by atoms with van der Waals surface area (Å²) < 4.78 is 13.0. The Bertz CT molecular complexity index is 997. The molecule has 0 aliphatic heterocycles. The third-order valence-electron chi connectivity index (χ3n) is 4.37. The Morgan fingerprint density at radius 2 is 1.77 bits per heavy atom. The van der Waals surface area contributed by atoms with Crippen LogP contribution in [0.2, 0.25) is 0 Å². The van der Waals surface area contributed by atoms with Gasteiger partial charge in [0.25, 0.3) is 5.91 Å². The lowest BCUT2D eigenvalue weighted by Crippen LogP contribution is -2.40. The van der Waals surface area contributed by atoms with E-state index >= 15 is 0 Å². The number of carbonyl (C=O) groups excluding carboxylic acids is 2. The molecule has 0 radical (unpaired) electrons. The number of hydrogen-bond acceptors (Lipinski definition) is 4. The molecular weight excluding hydrogens is 401 g/mol. The third-order valence-corrected chi connectivity index (χ3v) is 5.39. The molecule has 1 N–H and O–H groups in total. The summed E-state index contributed by atoms with van der Waals surface area (Å²) in [5, 5.41) is 3.36. The van der Waals surface area contributed by atoms with Crippen molar-refractivity contribution in [3.8, 4) is 0 Å². The van der Waals surface area contributed by atoms with Gasteiger partial charge in [-0.25, -0.2) is 9.37 Å². The second-order valence-corrected chi connectivity index (χ2v) is 7.56. The van der Waals surface area contributed by atoms with Crippen LogP contribution in [-0.2, 0) is 11.3 Å². The second-order valence-electron chi connectivity index (χ2n) is 6.49. The zero-order valence-electron chi connectivity index (χ0n) is 16.5. The molecule has 2 amide bonds. The van der Waals surface area contributed by atoms with Gasteiger partial charge in [0.2, 0.25) is 5.91 Å². The molecule has 0 spiro atoms. The number of aromatic nitrogens is 1. The second kappa shape index (κ2) is 10.5. The Morgan fingerprint density at radius 1 is 1.03 bits per heavy atom. The van der Waals surface area contributed by atoms with Crippen LogP contribution in [0.3, 0.4) is 0 Å². The largest absolute Gasteiger partial charge is 0.350 e. The van der Waals surface area contributed by atoms with E-state index in [1.807, 2.05) is 37.3 Å². The highest BCUT2D eigenvalue weighted by atomic mass is 32.2. The van der Waals surface area contributed by atoms with E-state index in [-0.39, 0.29) is 30.7 Å². The molecule has 30 heavy (non-hydrogen) atoms. The predicted molar refractivity (Wildman–Crippen MR) is 115 cm³/mol.